The van der Waals surface area contributed by atoms with Crippen molar-refractivity contribution >= 4 is 41.0 Å². The molecule has 1 N–H and O–H groups in total. The van der Waals surface area contributed by atoms with Crippen LogP contribution in [0.5, 0.6) is 0 Å². The lowest BCUT2D eigenvalue weighted by Crippen LogP contribution is -2.39. The molecule has 0 bridgehead atoms. The van der Waals surface area contributed by atoms with E-state index in [4.69, 9.17) is 23.2 Å². The van der Waals surface area contributed by atoms with Crippen LogP contribution in [0.15, 0.2) is 47.6 Å². The van der Waals surface area contributed by atoms with E-state index in [0.29, 0.717) is 22.2 Å². The highest BCUT2D eigenvalue weighted by Gasteiger charge is 2.24. The van der Waals surface area contributed by atoms with E-state index in [0.717, 1.165) is 31.5 Å². The topological polar surface area (TPSA) is 87.8 Å². The first kappa shape index (κ1) is 21.2. The fourth-order valence-electron chi connectivity index (χ4n) is 3.20. The Labute approximate surface area is 178 Å². The molecule has 29 heavy (non-hydrogen) atoms. The number of nitrogens with one attached hydrogen (secondary N) is 1. The largest absolute Gasteiger partial charge is 0.299 e. The minimum atomic E-state index is -0.406. The number of halogens is 2. The van der Waals surface area contributed by atoms with Crippen LogP contribution in [-0.4, -0.2) is 35.0 Å². The normalized spacial score (nSPS) is 15.5. The molecule has 1 aliphatic heterocycles. The van der Waals surface area contributed by atoms with Gasteiger partial charge in [-0.1, -0.05) is 41.4 Å². The van der Waals surface area contributed by atoms with E-state index in [9.17, 15) is 14.9 Å². The molecule has 9 heteroatoms. The third kappa shape index (κ3) is 6.00. The average molecular weight is 435 g/mol. The van der Waals surface area contributed by atoms with Crippen molar-refractivity contribution in [1.29, 1.82) is 0 Å². The van der Waals surface area contributed by atoms with Gasteiger partial charge in [-0.15, -0.1) is 0 Å². The molecular formula is C20H20Cl2N4O3. The standard InChI is InChI=1S/C20H20Cl2N4O3/c21-17-4-3-16(19(22)11-17)12-23-24-20(27)15-7-9-25(10-8-15)13-14-1-5-18(6-2-14)26(28)29/h1-6,11-12,15H,7-10,13H2,(H,24,27). The molecule has 0 radical (unpaired) electrons. The average Bonchev–Trinajstić information content (AvgIpc) is 2.70. The number of non-ortho nitro benzene ring substituents is 1. The first-order valence-electron chi connectivity index (χ1n) is 9.16. The number of likely N-dealkylation sites (tertiary alicyclic amines) is 1. The molecule has 0 spiro atoms. The molecule has 2 aromatic carbocycles. The van der Waals surface area contributed by atoms with Crippen molar-refractivity contribution in [2.45, 2.75) is 19.4 Å². The maximum Gasteiger partial charge on any atom is 0.269 e. The number of carbonyl (C=O) groups is 1. The second-order valence-corrected chi connectivity index (χ2v) is 7.72. The number of hydrogen-bond acceptors (Lipinski definition) is 5. The van der Waals surface area contributed by atoms with Gasteiger partial charge in [-0.05, 0) is 43.6 Å². The Balaban J connectivity index is 1.45. The quantitative estimate of drug-likeness (QED) is 0.417. The Morgan fingerprint density at radius 3 is 2.52 bits per heavy atom. The lowest BCUT2D eigenvalue weighted by molar-refractivity contribution is -0.384. The minimum absolute atomic E-state index is 0.0876. The zero-order chi connectivity index (χ0) is 20.8. The van der Waals surface area contributed by atoms with Crippen LogP contribution in [0.25, 0.3) is 0 Å². The van der Waals surface area contributed by atoms with Gasteiger partial charge in [0.1, 0.15) is 0 Å². The Hall–Kier alpha value is -2.48. The molecule has 3 rings (SSSR count). The number of benzene rings is 2. The van der Waals surface area contributed by atoms with E-state index >= 15 is 0 Å². The number of hydrazone groups is 1. The first-order chi connectivity index (χ1) is 13.9. The molecule has 1 aliphatic rings. The van der Waals surface area contributed by atoms with Crippen molar-refractivity contribution in [3.63, 3.8) is 0 Å². The van der Waals surface area contributed by atoms with Crippen LogP contribution < -0.4 is 5.43 Å². The van der Waals surface area contributed by atoms with Gasteiger partial charge < -0.3 is 0 Å². The zero-order valence-corrected chi connectivity index (χ0v) is 17.1. The van der Waals surface area contributed by atoms with Crippen LogP contribution >= 0.6 is 23.2 Å². The van der Waals surface area contributed by atoms with E-state index in [2.05, 4.69) is 15.4 Å². The zero-order valence-electron chi connectivity index (χ0n) is 15.6. The van der Waals surface area contributed by atoms with Crippen LogP contribution in [0.3, 0.4) is 0 Å². The summed E-state index contributed by atoms with van der Waals surface area (Å²) in [7, 11) is 0. The second-order valence-electron chi connectivity index (χ2n) is 6.87. The number of rotatable bonds is 6. The maximum atomic E-state index is 12.3. The summed E-state index contributed by atoms with van der Waals surface area (Å²) in [6, 6.07) is 11.6. The summed E-state index contributed by atoms with van der Waals surface area (Å²) in [4.78, 5) is 24.9. The van der Waals surface area contributed by atoms with Crippen molar-refractivity contribution in [1.82, 2.24) is 10.3 Å². The fourth-order valence-corrected chi connectivity index (χ4v) is 3.65. The van der Waals surface area contributed by atoms with Crippen LogP contribution in [-0.2, 0) is 11.3 Å². The Bertz CT molecular complexity index is 910. The summed E-state index contributed by atoms with van der Waals surface area (Å²) in [5, 5.41) is 15.7. The number of piperidine rings is 1. The lowest BCUT2D eigenvalue weighted by atomic mass is 9.96. The molecule has 0 saturated carbocycles. The smallest absolute Gasteiger partial charge is 0.269 e. The van der Waals surface area contributed by atoms with E-state index in [-0.39, 0.29) is 17.5 Å². The van der Waals surface area contributed by atoms with Crippen molar-refractivity contribution < 1.29 is 9.72 Å². The monoisotopic (exact) mass is 434 g/mol. The maximum absolute atomic E-state index is 12.3. The molecule has 0 aliphatic carbocycles. The van der Waals surface area contributed by atoms with Gasteiger partial charge in [-0.3, -0.25) is 19.8 Å². The lowest BCUT2D eigenvalue weighted by Gasteiger charge is -2.30. The summed E-state index contributed by atoms with van der Waals surface area (Å²) in [5.74, 6) is -0.206. The third-order valence-electron chi connectivity index (χ3n) is 4.85. The molecule has 1 fully saturated rings. The molecule has 0 unspecified atom stereocenters. The summed E-state index contributed by atoms with van der Waals surface area (Å²) in [5.41, 5.74) is 4.36. The van der Waals surface area contributed by atoms with Gasteiger partial charge in [0.05, 0.1) is 16.2 Å². The summed E-state index contributed by atoms with van der Waals surface area (Å²) >= 11 is 11.9. The molecule has 1 saturated heterocycles. The SMILES string of the molecule is O=C(NN=Cc1ccc(Cl)cc1Cl)C1CCN(Cc2ccc([N+](=O)[O-])cc2)CC1. The van der Waals surface area contributed by atoms with E-state index in [1.165, 1.54) is 18.3 Å². The molecular weight excluding hydrogens is 415 g/mol. The van der Waals surface area contributed by atoms with Gasteiger partial charge >= 0.3 is 0 Å². The molecule has 152 valence electrons. The van der Waals surface area contributed by atoms with Gasteiger partial charge in [-0.2, -0.15) is 5.10 Å². The molecule has 2 aromatic rings. The van der Waals surface area contributed by atoms with E-state index in [1.807, 2.05) is 0 Å². The number of nitro groups is 1. The van der Waals surface area contributed by atoms with Gasteiger partial charge in [0, 0.05) is 35.2 Å². The van der Waals surface area contributed by atoms with E-state index < -0.39 is 4.92 Å². The Morgan fingerprint density at radius 2 is 1.90 bits per heavy atom. The number of hydrogen-bond donors (Lipinski definition) is 1. The Kier molecular flexibility index (Phi) is 7.19. The molecule has 0 atom stereocenters. The number of nitro benzene ring substituents is 1. The van der Waals surface area contributed by atoms with Crippen LogP contribution in [0, 0.1) is 16.0 Å². The van der Waals surface area contributed by atoms with E-state index in [1.54, 1.807) is 30.3 Å². The predicted octanol–water partition coefficient (Wildman–Crippen LogP) is 4.26. The third-order valence-corrected chi connectivity index (χ3v) is 5.42. The molecule has 7 nitrogen and oxygen atoms in total. The van der Waals surface area contributed by atoms with Crippen molar-refractivity contribution in [2.24, 2.45) is 11.0 Å². The van der Waals surface area contributed by atoms with Crippen LogP contribution in [0.1, 0.15) is 24.0 Å². The van der Waals surface area contributed by atoms with Crippen molar-refractivity contribution in [3.8, 4) is 0 Å². The highest BCUT2D eigenvalue weighted by atomic mass is 35.5. The summed E-state index contributed by atoms with van der Waals surface area (Å²) in [6.07, 6.45) is 2.96. The molecule has 1 amide bonds. The highest BCUT2D eigenvalue weighted by Crippen LogP contribution is 2.21. The first-order valence-corrected chi connectivity index (χ1v) is 9.91. The van der Waals surface area contributed by atoms with Gasteiger partial charge in [-0.25, -0.2) is 5.43 Å². The van der Waals surface area contributed by atoms with Gasteiger partial charge in [0.25, 0.3) is 5.69 Å². The Morgan fingerprint density at radius 1 is 1.21 bits per heavy atom. The highest BCUT2D eigenvalue weighted by molar-refractivity contribution is 6.36. The fraction of sp³-hybridized carbons (Fsp3) is 0.300. The van der Waals surface area contributed by atoms with Crippen LogP contribution in [0.2, 0.25) is 10.0 Å². The predicted molar refractivity (Wildman–Crippen MR) is 113 cm³/mol. The van der Waals surface area contributed by atoms with Gasteiger partial charge in [0.2, 0.25) is 5.91 Å². The molecule has 0 aromatic heterocycles. The van der Waals surface area contributed by atoms with Gasteiger partial charge in [0.15, 0.2) is 0 Å². The number of carbonyl (C=O) groups excluding carboxylic acids is 1. The second kappa shape index (κ2) is 9.82. The summed E-state index contributed by atoms with van der Waals surface area (Å²) < 4.78 is 0. The van der Waals surface area contributed by atoms with Crippen molar-refractivity contribution in [3.05, 3.63) is 73.8 Å². The summed E-state index contributed by atoms with van der Waals surface area (Å²) in [6.45, 7) is 2.27. The molecule has 1 heterocycles. The van der Waals surface area contributed by atoms with Crippen molar-refractivity contribution in [2.75, 3.05) is 13.1 Å². The van der Waals surface area contributed by atoms with Crippen LogP contribution in [0.4, 0.5) is 5.69 Å². The number of nitrogens with zero attached hydrogens (tertiary/aromatic N) is 3. The number of amides is 1. The minimum Gasteiger partial charge on any atom is -0.299 e.